The third kappa shape index (κ3) is 3.86. The van der Waals surface area contributed by atoms with Crippen LogP contribution in [-0.4, -0.2) is 0 Å². The maximum atomic E-state index is 3.72. The molecule has 1 spiro atoms. The molecule has 6 aromatic carbocycles. The Bertz CT molecular complexity index is 1760. The summed E-state index contributed by atoms with van der Waals surface area (Å²) < 4.78 is 0. The van der Waals surface area contributed by atoms with Gasteiger partial charge < -0.3 is 10.6 Å². The standard InChI is InChI=1S/C38H32N2/c1-6-20-38(21-7-1)36-24-32(39-30-14-12-26-8-2-4-10-28(26)22-30)16-18-34(36)35-19-17-33(25-37(35)38)40-31-15-13-27-9-3-5-11-29(27)23-31/h2-5,8-19,22-25,39-40H,1,6-7,20-21H2. The molecule has 2 nitrogen and oxygen atoms in total. The molecule has 2 heteroatoms. The van der Waals surface area contributed by atoms with E-state index in [0.717, 1.165) is 11.4 Å². The quantitative estimate of drug-likeness (QED) is 0.243. The molecule has 2 aliphatic rings. The van der Waals surface area contributed by atoms with Crippen LogP contribution >= 0.6 is 0 Å². The fourth-order valence-corrected chi connectivity index (χ4v) is 7.21. The lowest BCUT2D eigenvalue weighted by molar-refractivity contribution is 0.353. The molecule has 0 aliphatic heterocycles. The van der Waals surface area contributed by atoms with Crippen molar-refractivity contribution in [1.29, 1.82) is 0 Å². The van der Waals surface area contributed by atoms with Crippen molar-refractivity contribution in [3.8, 4) is 11.1 Å². The van der Waals surface area contributed by atoms with Gasteiger partial charge in [0, 0.05) is 28.2 Å². The molecule has 0 atom stereocenters. The summed E-state index contributed by atoms with van der Waals surface area (Å²) in [6.45, 7) is 0. The minimum atomic E-state index is 0.0884. The minimum absolute atomic E-state index is 0.0884. The lowest BCUT2D eigenvalue weighted by atomic mass is 9.67. The van der Waals surface area contributed by atoms with Gasteiger partial charge in [-0.15, -0.1) is 0 Å². The van der Waals surface area contributed by atoms with Crippen molar-refractivity contribution >= 4 is 44.3 Å². The Morgan fingerprint density at radius 3 is 1.32 bits per heavy atom. The number of benzene rings is 6. The maximum Gasteiger partial charge on any atom is 0.0390 e. The highest BCUT2D eigenvalue weighted by atomic mass is 14.9. The van der Waals surface area contributed by atoms with E-state index in [1.54, 1.807) is 0 Å². The Labute approximate surface area is 235 Å². The molecular weight excluding hydrogens is 484 g/mol. The summed E-state index contributed by atoms with van der Waals surface area (Å²) in [4.78, 5) is 0. The van der Waals surface area contributed by atoms with Crippen molar-refractivity contribution in [2.24, 2.45) is 0 Å². The SMILES string of the molecule is c1ccc2cc(Nc3ccc4c(c3)C3(CCCCC3)c3cc(Nc5ccc6ccccc6c5)ccc3-4)ccc2c1. The predicted molar refractivity (Wildman–Crippen MR) is 170 cm³/mol. The zero-order chi connectivity index (χ0) is 26.5. The predicted octanol–water partition coefficient (Wildman–Crippen LogP) is 10.7. The number of nitrogens with one attached hydrogen (secondary N) is 2. The van der Waals surface area contributed by atoms with Crippen LogP contribution in [0.4, 0.5) is 22.7 Å². The van der Waals surface area contributed by atoms with Gasteiger partial charge in [-0.2, -0.15) is 0 Å². The molecule has 40 heavy (non-hydrogen) atoms. The molecule has 0 radical (unpaired) electrons. The average Bonchev–Trinajstić information content (AvgIpc) is 3.25. The van der Waals surface area contributed by atoms with Crippen molar-refractivity contribution in [2.75, 3.05) is 10.6 Å². The summed E-state index contributed by atoms with van der Waals surface area (Å²) in [6, 6.07) is 44.4. The van der Waals surface area contributed by atoms with E-state index < -0.39 is 0 Å². The zero-order valence-corrected chi connectivity index (χ0v) is 22.6. The Hall–Kier alpha value is -4.56. The third-order valence-corrected chi connectivity index (χ3v) is 9.14. The highest BCUT2D eigenvalue weighted by Crippen LogP contribution is 2.57. The van der Waals surface area contributed by atoms with Crippen LogP contribution in [0.1, 0.15) is 43.2 Å². The summed E-state index contributed by atoms with van der Waals surface area (Å²) in [5.41, 5.74) is 10.5. The van der Waals surface area contributed by atoms with Gasteiger partial charge in [-0.3, -0.25) is 0 Å². The molecule has 1 saturated carbocycles. The van der Waals surface area contributed by atoms with Crippen molar-refractivity contribution in [3.63, 3.8) is 0 Å². The zero-order valence-electron chi connectivity index (χ0n) is 22.6. The molecule has 0 bridgehead atoms. The molecule has 2 aliphatic carbocycles. The lowest BCUT2D eigenvalue weighted by Gasteiger charge is -2.36. The number of hydrogen-bond acceptors (Lipinski definition) is 2. The molecular formula is C38H32N2. The normalized spacial score (nSPS) is 15.2. The van der Waals surface area contributed by atoms with E-state index in [9.17, 15) is 0 Å². The molecule has 0 saturated heterocycles. The molecule has 0 aromatic heterocycles. The molecule has 0 unspecified atom stereocenters. The van der Waals surface area contributed by atoms with Gasteiger partial charge in [0.2, 0.25) is 0 Å². The highest BCUT2D eigenvalue weighted by Gasteiger charge is 2.44. The van der Waals surface area contributed by atoms with Gasteiger partial charge in [-0.05, 0) is 105 Å². The Balaban J connectivity index is 1.16. The third-order valence-electron chi connectivity index (χ3n) is 9.14. The van der Waals surface area contributed by atoms with Crippen LogP contribution in [0.5, 0.6) is 0 Å². The summed E-state index contributed by atoms with van der Waals surface area (Å²) >= 11 is 0. The first-order chi connectivity index (χ1) is 19.7. The molecule has 2 N–H and O–H groups in total. The topological polar surface area (TPSA) is 24.1 Å². The number of fused-ring (bicyclic) bond motifs is 7. The van der Waals surface area contributed by atoms with E-state index in [1.807, 2.05) is 0 Å². The molecule has 6 aromatic rings. The van der Waals surface area contributed by atoms with Crippen LogP contribution in [0.2, 0.25) is 0 Å². The van der Waals surface area contributed by atoms with E-state index in [-0.39, 0.29) is 5.41 Å². The summed E-state index contributed by atoms with van der Waals surface area (Å²) in [5, 5.41) is 12.5. The van der Waals surface area contributed by atoms with Gasteiger partial charge in [0.05, 0.1) is 0 Å². The smallest absolute Gasteiger partial charge is 0.0390 e. The van der Waals surface area contributed by atoms with Crippen LogP contribution in [0, 0.1) is 0 Å². The Morgan fingerprint density at radius 1 is 0.400 bits per heavy atom. The first-order valence-corrected chi connectivity index (χ1v) is 14.6. The van der Waals surface area contributed by atoms with Gasteiger partial charge >= 0.3 is 0 Å². The van der Waals surface area contributed by atoms with Gasteiger partial charge in [0.1, 0.15) is 0 Å². The van der Waals surface area contributed by atoms with E-state index in [4.69, 9.17) is 0 Å². The van der Waals surface area contributed by atoms with Crippen LogP contribution in [0.25, 0.3) is 32.7 Å². The fourth-order valence-electron chi connectivity index (χ4n) is 7.21. The largest absolute Gasteiger partial charge is 0.355 e. The first kappa shape index (κ1) is 23.3. The molecule has 0 heterocycles. The van der Waals surface area contributed by atoms with Gasteiger partial charge in [0.15, 0.2) is 0 Å². The highest BCUT2D eigenvalue weighted by molar-refractivity contribution is 5.89. The van der Waals surface area contributed by atoms with E-state index in [1.165, 1.54) is 87.3 Å². The lowest BCUT2D eigenvalue weighted by Crippen LogP contribution is -2.28. The van der Waals surface area contributed by atoms with Crippen molar-refractivity contribution in [2.45, 2.75) is 37.5 Å². The number of rotatable bonds is 4. The second-order valence-corrected chi connectivity index (χ2v) is 11.5. The maximum absolute atomic E-state index is 3.72. The van der Waals surface area contributed by atoms with Crippen LogP contribution in [-0.2, 0) is 5.41 Å². The number of anilines is 4. The Kier molecular flexibility index (Phi) is 5.41. The van der Waals surface area contributed by atoms with Crippen molar-refractivity contribution < 1.29 is 0 Å². The summed E-state index contributed by atoms with van der Waals surface area (Å²) in [5.74, 6) is 0. The van der Waals surface area contributed by atoms with Crippen LogP contribution < -0.4 is 10.6 Å². The minimum Gasteiger partial charge on any atom is -0.355 e. The van der Waals surface area contributed by atoms with Gasteiger partial charge in [-0.25, -0.2) is 0 Å². The fraction of sp³-hybridized carbons (Fsp3) is 0.158. The molecule has 194 valence electrons. The number of hydrogen-bond donors (Lipinski definition) is 2. The second-order valence-electron chi connectivity index (χ2n) is 11.5. The van der Waals surface area contributed by atoms with E-state index in [0.29, 0.717) is 0 Å². The average molecular weight is 517 g/mol. The Morgan fingerprint density at radius 2 is 0.825 bits per heavy atom. The first-order valence-electron chi connectivity index (χ1n) is 14.6. The summed E-state index contributed by atoms with van der Waals surface area (Å²) in [6.07, 6.45) is 6.32. The van der Waals surface area contributed by atoms with Crippen LogP contribution in [0.15, 0.2) is 121 Å². The molecule has 0 amide bonds. The monoisotopic (exact) mass is 516 g/mol. The van der Waals surface area contributed by atoms with E-state index >= 15 is 0 Å². The van der Waals surface area contributed by atoms with Gasteiger partial charge in [-0.1, -0.05) is 92.1 Å². The molecule has 8 rings (SSSR count). The molecule has 1 fully saturated rings. The van der Waals surface area contributed by atoms with Crippen LogP contribution in [0.3, 0.4) is 0 Å². The van der Waals surface area contributed by atoms with Crippen molar-refractivity contribution in [1.82, 2.24) is 0 Å². The summed E-state index contributed by atoms with van der Waals surface area (Å²) in [7, 11) is 0. The van der Waals surface area contributed by atoms with E-state index in [2.05, 4.69) is 132 Å². The van der Waals surface area contributed by atoms with Crippen molar-refractivity contribution in [3.05, 3.63) is 132 Å². The van der Waals surface area contributed by atoms with Gasteiger partial charge in [0.25, 0.3) is 0 Å². The second kappa shape index (κ2) is 9.27.